The average Bonchev–Trinajstić information content (AvgIpc) is 2.71. The van der Waals surface area contributed by atoms with E-state index < -0.39 is 34.9 Å². The van der Waals surface area contributed by atoms with Gasteiger partial charge in [-0.15, -0.1) is 0 Å². The van der Waals surface area contributed by atoms with Gasteiger partial charge in [-0.2, -0.15) is 13.2 Å². The number of benzene rings is 2. The number of anilines is 1. The first-order valence-corrected chi connectivity index (χ1v) is 8.61. The van der Waals surface area contributed by atoms with Crippen LogP contribution in [0.15, 0.2) is 48.7 Å². The molecular formula is C18H12ClF3N4O4. The Bertz CT molecular complexity index is 1120. The Morgan fingerprint density at radius 2 is 2.00 bits per heavy atom. The van der Waals surface area contributed by atoms with E-state index in [9.17, 15) is 28.1 Å². The van der Waals surface area contributed by atoms with Gasteiger partial charge in [-0.3, -0.25) is 30.7 Å². The second kappa shape index (κ2) is 8.41. The van der Waals surface area contributed by atoms with Crippen molar-refractivity contribution in [1.82, 2.24) is 10.4 Å². The Morgan fingerprint density at radius 1 is 1.23 bits per heavy atom. The molecule has 0 aliphatic rings. The Hall–Kier alpha value is -3.60. The predicted octanol–water partition coefficient (Wildman–Crippen LogP) is 4.34. The van der Waals surface area contributed by atoms with Gasteiger partial charge in [-0.25, -0.2) is 0 Å². The first kappa shape index (κ1) is 21.1. The van der Waals surface area contributed by atoms with Crippen LogP contribution in [0.1, 0.15) is 5.56 Å². The summed E-state index contributed by atoms with van der Waals surface area (Å²) < 4.78 is 43.6. The van der Waals surface area contributed by atoms with Crippen LogP contribution < -0.4 is 15.6 Å². The maximum atomic E-state index is 12.7. The number of hydrogen-bond donors (Lipinski definition) is 2. The Labute approximate surface area is 171 Å². The standard InChI is InChI=1S/C18H12ClF3N4O4/c19-12-4-6-15(17-11(12)2-1-7-23-17)30-9-16(27)25-24-13-5-3-10(18(20,21)22)8-14(13)26(28)29/h1-8,24H,9H2,(H,25,27). The average molecular weight is 441 g/mol. The number of nitro groups is 1. The van der Waals surface area contributed by atoms with E-state index in [4.69, 9.17) is 16.3 Å². The highest BCUT2D eigenvalue weighted by Gasteiger charge is 2.33. The summed E-state index contributed by atoms with van der Waals surface area (Å²) in [6.07, 6.45) is -3.22. The van der Waals surface area contributed by atoms with E-state index >= 15 is 0 Å². The van der Waals surface area contributed by atoms with E-state index in [1.165, 1.54) is 12.3 Å². The van der Waals surface area contributed by atoms with Crippen molar-refractivity contribution in [2.75, 3.05) is 12.0 Å². The van der Waals surface area contributed by atoms with E-state index in [1.807, 2.05) is 0 Å². The number of carbonyl (C=O) groups is 1. The number of alkyl halides is 3. The minimum atomic E-state index is -4.74. The summed E-state index contributed by atoms with van der Waals surface area (Å²) in [6, 6.07) is 8.38. The van der Waals surface area contributed by atoms with Crippen LogP contribution in [-0.2, 0) is 11.0 Å². The van der Waals surface area contributed by atoms with Gasteiger partial charge in [0.1, 0.15) is 17.0 Å². The van der Waals surface area contributed by atoms with Crippen molar-refractivity contribution in [1.29, 1.82) is 0 Å². The van der Waals surface area contributed by atoms with Gasteiger partial charge in [0.2, 0.25) is 0 Å². The Kier molecular flexibility index (Phi) is 5.92. The molecule has 156 valence electrons. The van der Waals surface area contributed by atoms with Crippen LogP contribution in [0.3, 0.4) is 0 Å². The molecule has 0 unspecified atom stereocenters. The highest BCUT2D eigenvalue weighted by atomic mass is 35.5. The minimum absolute atomic E-state index is 0.283. The number of rotatable bonds is 6. The third-order valence-electron chi connectivity index (χ3n) is 3.90. The van der Waals surface area contributed by atoms with Crippen molar-refractivity contribution in [3.63, 3.8) is 0 Å². The van der Waals surface area contributed by atoms with Crippen LogP contribution in [0, 0.1) is 10.1 Å². The van der Waals surface area contributed by atoms with Gasteiger partial charge < -0.3 is 4.74 Å². The normalized spacial score (nSPS) is 11.2. The summed E-state index contributed by atoms with van der Waals surface area (Å²) >= 11 is 6.08. The summed E-state index contributed by atoms with van der Waals surface area (Å²) in [7, 11) is 0. The second-order valence-electron chi connectivity index (χ2n) is 5.89. The first-order valence-electron chi connectivity index (χ1n) is 8.23. The summed E-state index contributed by atoms with van der Waals surface area (Å²) in [5.41, 5.74) is 2.45. The monoisotopic (exact) mass is 440 g/mol. The molecule has 0 bridgehead atoms. The number of halogens is 4. The number of carbonyl (C=O) groups excluding carboxylic acids is 1. The molecule has 2 N–H and O–H groups in total. The van der Waals surface area contributed by atoms with Gasteiger partial charge in [0.15, 0.2) is 6.61 Å². The number of amides is 1. The molecule has 0 atom stereocenters. The Balaban J connectivity index is 1.67. The molecule has 3 aromatic rings. The molecule has 1 amide bonds. The largest absolute Gasteiger partial charge is 0.481 e. The molecule has 0 spiro atoms. The van der Waals surface area contributed by atoms with Crippen molar-refractivity contribution in [2.24, 2.45) is 0 Å². The molecule has 0 radical (unpaired) electrons. The lowest BCUT2D eigenvalue weighted by Crippen LogP contribution is -2.34. The van der Waals surface area contributed by atoms with E-state index in [0.717, 1.165) is 6.07 Å². The molecule has 1 heterocycles. The quantitative estimate of drug-likeness (QED) is 0.436. The number of ether oxygens (including phenoxy) is 1. The number of nitrogens with one attached hydrogen (secondary N) is 2. The summed E-state index contributed by atoms with van der Waals surface area (Å²) in [6.45, 7) is -0.491. The predicted molar refractivity (Wildman–Crippen MR) is 102 cm³/mol. The fraction of sp³-hybridized carbons (Fsp3) is 0.111. The van der Waals surface area contributed by atoms with Gasteiger partial charge in [-0.1, -0.05) is 11.6 Å². The first-order chi connectivity index (χ1) is 14.2. The van der Waals surface area contributed by atoms with Crippen molar-refractivity contribution in [3.8, 4) is 5.75 Å². The number of fused-ring (bicyclic) bond motifs is 1. The molecule has 0 saturated carbocycles. The fourth-order valence-corrected chi connectivity index (χ4v) is 2.73. The highest BCUT2D eigenvalue weighted by Crippen LogP contribution is 2.34. The molecule has 0 aliphatic carbocycles. The van der Waals surface area contributed by atoms with Crippen LogP contribution in [0.25, 0.3) is 10.9 Å². The molecule has 2 aromatic carbocycles. The zero-order chi connectivity index (χ0) is 21.9. The van der Waals surface area contributed by atoms with Gasteiger partial charge >= 0.3 is 6.18 Å². The second-order valence-corrected chi connectivity index (χ2v) is 6.30. The number of nitro benzene ring substituents is 1. The van der Waals surface area contributed by atoms with Crippen molar-refractivity contribution < 1.29 is 27.6 Å². The molecular weight excluding hydrogens is 429 g/mol. The zero-order valence-corrected chi connectivity index (χ0v) is 15.6. The maximum absolute atomic E-state index is 12.7. The third-order valence-corrected chi connectivity index (χ3v) is 4.23. The lowest BCUT2D eigenvalue weighted by Gasteiger charge is -2.12. The smallest absolute Gasteiger partial charge is 0.416 e. The van der Waals surface area contributed by atoms with Gasteiger partial charge in [0, 0.05) is 17.6 Å². The number of hydrazine groups is 1. The van der Waals surface area contributed by atoms with Crippen LogP contribution in [0.5, 0.6) is 5.75 Å². The van der Waals surface area contributed by atoms with Crippen molar-refractivity contribution >= 4 is 39.8 Å². The molecule has 0 saturated heterocycles. The van der Waals surface area contributed by atoms with E-state index in [2.05, 4.69) is 15.8 Å². The fourth-order valence-electron chi connectivity index (χ4n) is 2.51. The topological polar surface area (TPSA) is 106 Å². The Morgan fingerprint density at radius 3 is 2.70 bits per heavy atom. The number of nitrogens with zero attached hydrogens (tertiary/aromatic N) is 2. The van der Waals surface area contributed by atoms with E-state index in [1.54, 1.807) is 18.2 Å². The molecule has 0 fully saturated rings. The number of aromatic nitrogens is 1. The summed E-state index contributed by atoms with van der Waals surface area (Å²) in [5, 5.41) is 12.1. The van der Waals surface area contributed by atoms with Crippen LogP contribution >= 0.6 is 11.6 Å². The van der Waals surface area contributed by atoms with Gasteiger partial charge in [0.05, 0.1) is 15.5 Å². The lowest BCUT2D eigenvalue weighted by atomic mass is 10.1. The molecule has 3 rings (SSSR count). The van der Waals surface area contributed by atoms with Crippen LogP contribution in [-0.4, -0.2) is 22.4 Å². The van der Waals surface area contributed by atoms with Crippen molar-refractivity contribution in [3.05, 3.63) is 69.4 Å². The SMILES string of the molecule is O=C(COc1ccc(Cl)c2cccnc12)NNc1ccc(C(F)(F)F)cc1[N+](=O)[O-]. The van der Waals surface area contributed by atoms with Crippen molar-refractivity contribution in [2.45, 2.75) is 6.18 Å². The van der Waals surface area contributed by atoms with Crippen LogP contribution in [0.2, 0.25) is 5.02 Å². The zero-order valence-electron chi connectivity index (χ0n) is 14.9. The molecule has 30 heavy (non-hydrogen) atoms. The lowest BCUT2D eigenvalue weighted by molar-refractivity contribution is -0.384. The van der Waals surface area contributed by atoms with E-state index in [-0.39, 0.29) is 11.4 Å². The maximum Gasteiger partial charge on any atom is 0.416 e. The highest BCUT2D eigenvalue weighted by molar-refractivity contribution is 6.35. The summed E-state index contributed by atoms with van der Waals surface area (Å²) in [5.74, 6) is -0.450. The van der Waals surface area contributed by atoms with Gasteiger partial charge in [-0.05, 0) is 36.4 Å². The number of pyridine rings is 1. The summed E-state index contributed by atoms with van der Waals surface area (Å²) in [4.78, 5) is 26.2. The molecule has 8 nitrogen and oxygen atoms in total. The minimum Gasteiger partial charge on any atom is -0.481 e. The third kappa shape index (κ3) is 4.69. The molecule has 1 aromatic heterocycles. The molecule has 0 aliphatic heterocycles. The molecule has 12 heteroatoms. The van der Waals surface area contributed by atoms with E-state index in [0.29, 0.717) is 28.1 Å². The number of hydrogen-bond acceptors (Lipinski definition) is 6. The van der Waals surface area contributed by atoms with Crippen LogP contribution in [0.4, 0.5) is 24.5 Å². The van der Waals surface area contributed by atoms with Gasteiger partial charge in [0.25, 0.3) is 11.6 Å².